The van der Waals surface area contributed by atoms with Gasteiger partial charge >= 0.3 is 0 Å². The van der Waals surface area contributed by atoms with Crippen LogP contribution in [0.3, 0.4) is 0 Å². The summed E-state index contributed by atoms with van der Waals surface area (Å²) in [6.07, 6.45) is 2.25. The molecule has 1 aliphatic rings. The number of para-hydroxylation sites is 1. The molecule has 1 saturated heterocycles. The number of hydrogen-bond donors (Lipinski definition) is 3. The lowest BCUT2D eigenvalue weighted by Crippen LogP contribution is -2.38. The van der Waals surface area contributed by atoms with Gasteiger partial charge in [-0.25, -0.2) is 4.99 Å². The first-order chi connectivity index (χ1) is 15.2. The van der Waals surface area contributed by atoms with Crippen LogP contribution in [0.2, 0.25) is 0 Å². The number of nitrogens with zero attached hydrogens (tertiary/aromatic N) is 1. The molecule has 3 N–H and O–H groups in total. The predicted molar refractivity (Wildman–Crippen MR) is 139 cm³/mol. The molecular weight excluding hydrogens is 519 g/mol. The normalized spacial score (nSPS) is 15.5. The van der Waals surface area contributed by atoms with Crippen molar-refractivity contribution in [3.05, 3.63) is 60.2 Å². The van der Waals surface area contributed by atoms with Crippen LogP contribution in [0, 0.1) is 0 Å². The predicted octanol–water partition coefficient (Wildman–Crippen LogP) is 3.95. The standard InChI is InChI=1S/C24H32N4O3.HI/c1-2-25-24(26-14-8-16-30-21-11-4-3-5-12-21)27-18-19-9-6-10-20(17-19)28-23(29)22-13-7-15-31-22;/h3-6,9-12,17,22H,2,7-8,13-16,18H2,1H3,(H,28,29)(H2,25,26,27);1H. The van der Waals surface area contributed by atoms with Crippen LogP contribution < -0.4 is 20.7 Å². The van der Waals surface area contributed by atoms with Crippen LogP contribution in [0.15, 0.2) is 59.6 Å². The second kappa shape index (κ2) is 14.7. The highest BCUT2D eigenvalue weighted by atomic mass is 127. The van der Waals surface area contributed by atoms with Gasteiger partial charge in [0.25, 0.3) is 5.91 Å². The summed E-state index contributed by atoms with van der Waals surface area (Å²) in [5.74, 6) is 1.57. The van der Waals surface area contributed by atoms with Crippen LogP contribution in [0.4, 0.5) is 5.69 Å². The minimum absolute atomic E-state index is 0. The molecular formula is C24H33IN4O3. The highest BCUT2D eigenvalue weighted by Crippen LogP contribution is 2.16. The Hall–Kier alpha value is -2.33. The third-order valence-electron chi connectivity index (χ3n) is 4.81. The fraction of sp³-hybridized carbons (Fsp3) is 0.417. The van der Waals surface area contributed by atoms with E-state index in [4.69, 9.17) is 9.47 Å². The Labute approximate surface area is 207 Å². The minimum atomic E-state index is -0.336. The van der Waals surface area contributed by atoms with Gasteiger partial charge in [0.05, 0.1) is 13.2 Å². The molecule has 2 aromatic rings. The number of carbonyl (C=O) groups excluding carboxylic acids is 1. The lowest BCUT2D eigenvalue weighted by molar-refractivity contribution is -0.124. The summed E-state index contributed by atoms with van der Waals surface area (Å²) in [4.78, 5) is 16.9. The fourth-order valence-corrected chi connectivity index (χ4v) is 3.25. The zero-order chi connectivity index (χ0) is 21.7. The summed E-state index contributed by atoms with van der Waals surface area (Å²) in [6.45, 7) is 5.39. The second-order valence-electron chi connectivity index (χ2n) is 7.33. The quantitative estimate of drug-likeness (QED) is 0.180. The molecule has 0 radical (unpaired) electrons. The number of aliphatic imine (C=N–C) groups is 1. The Morgan fingerprint density at radius 1 is 1.16 bits per heavy atom. The summed E-state index contributed by atoms with van der Waals surface area (Å²) in [6, 6.07) is 17.6. The number of anilines is 1. The molecule has 1 amide bonds. The van der Waals surface area contributed by atoms with Crippen LogP contribution in [0.1, 0.15) is 31.7 Å². The molecule has 1 unspecified atom stereocenters. The maximum Gasteiger partial charge on any atom is 0.253 e. The Kier molecular flexibility index (Phi) is 11.9. The number of amides is 1. The van der Waals surface area contributed by atoms with Gasteiger partial charge in [0.15, 0.2) is 5.96 Å². The van der Waals surface area contributed by atoms with Gasteiger partial charge in [0.2, 0.25) is 0 Å². The molecule has 0 spiro atoms. The van der Waals surface area contributed by atoms with Crippen LogP contribution >= 0.6 is 24.0 Å². The smallest absolute Gasteiger partial charge is 0.253 e. The van der Waals surface area contributed by atoms with E-state index in [1.54, 1.807) is 0 Å². The third kappa shape index (κ3) is 9.04. The number of benzene rings is 2. The molecule has 1 atom stereocenters. The zero-order valence-corrected chi connectivity index (χ0v) is 20.8. The van der Waals surface area contributed by atoms with Gasteiger partial charge in [0.1, 0.15) is 11.9 Å². The van der Waals surface area contributed by atoms with Crippen molar-refractivity contribution >= 4 is 41.5 Å². The van der Waals surface area contributed by atoms with E-state index in [2.05, 4.69) is 20.9 Å². The number of rotatable bonds is 10. The molecule has 32 heavy (non-hydrogen) atoms. The van der Waals surface area contributed by atoms with Crippen molar-refractivity contribution in [1.82, 2.24) is 10.6 Å². The van der Waals surface area contributed by atoms with Gasteiger partial charge in [-0.05, 0) is 56.0 Å². The van der Waals surface area contributed by atoms with Gasteiger partial charge in [-0.3, -0.25) is 4.79 Å². The number of hydrogen-bond acceptors (Lipinski definition) is 4. The monoisotopic (exact) mass is 552 g/mol. The number of guanidine groups is 1. The first kappa shape index (κ1) is 25.9. The van der Waals surface area contributed by atoms with Crippen LogP contribution in [0.5, 0.6) is 5.75 Å². The van der Waals surface area contributed by atoms with E-state index in [9.17, 15) is 4.79 Å². The van der Waals surface area contributed by atoms with E-state index in [1.165, 1.54) is 0 Å². The molecule has 8 heteroatoms. The summed E-state index contributed by atoms with van der Waals surface area (Å²) in [5, 5.41) is 9.53. The van der Waals surface area contributed by atoms with Gasteiger partial charge in [-0.15, -0.1) is 24.0 Å². The first-order valence-corrected chi connectivity index (χ1v) is 11.0. The average Bonchev–Trinajstić information content (AvgIpc) is 3.33. The van der Waals surface area contributed by atoms with Gasteiger partial charge in [-0.2, -0.15) is 0 Å². The van der Waals surface area contributed by atoms with Crippen molar-refractivity contribution in [2.24, 2.45) is 4.99 Å². The topological polar surface area (TPSA) is 84.0 Å². The van der Waals surface area contributed by atoms with E-state index >= 15 is 0 Å². The molecule has 0 aromatic heterocycles. The van der Waals surface area contributed by atoms with E-state index in [1.807, 2.05) is 61.5 Å². The molecule has 3 rings (SSSR count). The van der Waals surface area contributed by atoms with E-state index in [0.29, 0.717) is 19.8 Å². The van der Waals surface area contributed by atoms with E-state index < -0.39 is 0 Å². The largest absolute Gasteiger partial charge is 0.494 e. The Morgan fingerprint density at radius 3 is 2.75 bits per heavy atom. The minimum Gasteiger partial charge on any atom is -0.494 e. The SMILES string of the molecule is CCNC(=NCc1cccc(NC(=O)C2CCCO2)c1)NCCCOc1ccccc1.I. The average molecular weight is 552 g/mol. The molecule has 1 aliphatic heterocycles. The third-order valence-corrected chi connectivity index (χ3v) is 4.81. The van der Waals surface area contributed by atoms with Crippen molar-refractivity contribution in [1.29, 1.82) is 0 Å². The summed E-state index contributed by atoms with van der Waals surface area (Å²) < 4.78 is 11.2. The number of ether oxygens (including phenoxy) is 2. The summed E-state index contributed by atoms with van der Waals surface area (Å²) in [5.41, 5.74) is 1.79. The van der Waals surface area contributed by atoms with Crippen LogP contribution in [-0.4, -0.2) is 44.3 Å². The Bertz CT molecular complexity index is 842. The maximum atomic E-state index is 12.2. The molecule has 0 aliphatic carbocycles. The molecule has 0 bridgehead atoms. The van der Waals surface area contributed by atoms with Crippen molar-refractivity contribution in [2.45, 2.75) is 38.8 Å². The number of carbonyl (C=O) groups is 1. The lowest BCUT2D eigenvalue weighted by Gasteiger charge is -2.13. The second-order valence-corrected chi connectivity index (χ2v) is 7.33. The van der Waals surface area contributed by atoms with Gasteiger partial charge in [-0.1, -0.05) is 30.3 Å². The highest BCUT2D eigenvalue weighted by molar-refractivity contribution is 14.0. The zero-order valence-electron chi connectivity index (χ0n) is 18.5. The fourth-order valence-electron chi connectivity index (χ4n) is 3.25. The van der Waals surface area contributed by atoms with E-state index in [-0.39, 0.29) is 36.0 Å². The van der Waals surface area contributed by atoms with Crippen molar-refractivity contribution in [2.75, 3.05) is 31.6 Å². The summed E-state index contributed by atoms with van der Waals surface area (Å²) >= 11 is 0. The lowest BCUT2D eigenvalue weighted by atomic mass is 10.2. The number of nitrogens with one attached hydrogen (secondary N) is 3. The molecule has 2 aromatic carbocycles. The Morgan fingerprint density at radius 2 is 2.00 bits per heavy atom. The van der Waals surface area contributed by atoms with Gasteiger partial charge < -0.3 is 25.4 Å². The molecule has 0 saturated carbocycles. The first-order valence-electron chi connectivity index (χ1n) is 11.0. The van der Waals surface area contributed by atoms with Gasteiger partial charge in [0, 0.05) is 25.4 Å². The highest BCUT2D eigenvalue weighted by Gasteiger charge is 2.23. The molecule has 1 heterocycles. The van der Waals surface area contributed by atoms with Crippen molar-refractivity contribution < 1.29 is 14.3 Å². The van der Waals surface area contributed by atoms with Crippen molar-refractivity contribution in [3.63, 3.8) is 0 Å². The maximum absolute atomic E-state index is 12.2. The molecule has 7 nitrogen and oxygen atoms in total. The molecule has 174 valence electrons. The molecule has 1 fully saturated rings. The Balaban J connectivity index is 0.00000363. The van der Waals surface area contributed by atoms with Crippen LogP contribution in [0.25, 0.3) is 0 Å². The number of halogens is 1. The van der Waals surface area contributed by atoms with Crippen LogP contribution in [-0.2, 0) is 16.1 Å². The summed E-state index contributed by atoms with van der Waals surface area (Å²) in [7, 11) is 0. The van der Waals surface area contributed by atoms with Crippen molar-refractivity contribution in [3.8, 4) is 5.75 Å². The van der Waals surface area contributed by atoms with E-state index in [0.717, 1.165) is 55.3 Å².